The lowest BCUT2D eigenvalue weighted by atomic mass is 10.0. The molecule has 3 nitrogen and oxygen atoms in total. The first-order valence-electron chi connectivity index (χ1n) is 9.22. The third kappa shape index (κ3) is 3.28. The summed E-state index contributed by atoms with van der Waals surface area (Å²) in [5.41, 5.74) is 5.05. The van der Waals surface area contributed by atoms with E-state index in [0.717, 1.165) is 24.0 Å². The van der Waals surface area contributed by atoms with Crippen LogP contribution in [-0.2, 0) is 6.42 Å². The average Bonchev–Trinajstić information content (AvgIpc) is 3.00. The summed E-state index contributed by atoms with van der Waals surface area (Å²) in [4.78, 5) is 27.2. The van der Waals surface area contributed by atoms with Gasteiger partial charge in [0.25, 0.3) is 5.91 Å². The molecule has 134 valence electrons. The van der Waals surface area contributed by atoms with Crippen LogP contribution in [0.4, 0.5) is 0 Å². The maximum absolute atomic E-state index is 12.8. The smallest absolute Gasteiger partial charge is 0.253 e. The number of ketones is 1. The van der Waals surface area contributed by atoms with Crippen LogP contribution in [0, 0.1) is 0 Å². The predicted molar refractivity (Wildman–Crippen MR) is 107 cm³/mol. The van der Waals surface area contributed by atoms with Gasteiger partial charge in [-0.2, -0.15) is 0 Å². The third-order valence-electron chi connectivity index (χ3n) is 5.12. The van der Waals surface area contributed by atoms with Gasteiger partial charge in [0, 0.05) is 30.3 Å². The minimum Gasteiger partial charge on any atom is -0.342 e. The van der Waals surface area contributed by atoms with Crippen LogP contribution < -0.4 is 0 Å². The molecular weight excluding hydrogens is 334 g/mol. The van der Waals surface area contributed by atoms with Gasteiger partial charge in [0.15, 0.2) is 5.78 Å². The maximum atomic E-state index is 12.8. The SMILES string of the molecule is CN(CCCc1ccccc1)C(=O)c1ccc2c(c1)C(=O)c1ccccc1-2. The molecule has 3 aromatic rings. The first-order valence-corrected chi connectivity index (χ1v) is 9.22. The van der Waals surface area contributed by atoms with E-state index in [9.17, 15) is 9.59 Å². The van der Waals surface area contributed by atoms with E-state index < -0.39 is 0 Å². The molecule has 1 aliphatic rings. The van der Waals surface area contributed by atoms with E-state index in [1.54, 1.807) is 11.0 Å². The first-order chi connectivity index (χ1) is 13.1. The number of benzene rings is 3. The van der Waals surface area contributed by atoms with Gasteiger partial charge in [-0.3, -0.25) is 9.59 Å². The molecule has 0 spiro atoms. The van der Waals surface area contributed by atoms with Crippen molar-refractivity contribution in [2.24, 2.45) is 0 Å². The summed E-state index contributed by atoms with van der Waals surface area (Å²) >= 11 is 0. The van der Waals surface area contributed by atoms with E-state index in [2.05, 4.69) is 12.1 Å². The summed E-state index contributed by atoms with van der Waals surface area (Å²) in [6.45, 7) is 0.680. The zero-order valence-electron chi connectivity index (χ0n) is 15.3. The van der Waals surface area contributed by atoms with Crippen molar-refractivity contribution in [1.82, 2.24) is 4.90 Å². The van der Waals surface area contributed by atoms with E-state index >= 15 is 0 Å². The molecule has 1 amide bonds. The molecule has 0 saturated heterocycles. The molecule has 0 aliphatic heterocycles. The number of fused-ring (bicyclic) bond motifs is 3. The van der Waals surface area contributed by atoms with Crippen LogP contribution in [0.1, 0.15) is 38.3 Å². The summed E-state index contributed by atoms with van der Waals surface area (Å²) in [7, 11) is 1.82. The van der Waals surface area contributed by atoms with Crippen LogP contribution >= 0.6 is 0 Å². The second-order valence-electron chi connectivity index (χ2n) is 6.95. The Morgan fingerprint density at radius 2 is 1.48 bits per heavy atom. The highest BCUT2D eigenvalue weighted by molar-refractivity contribution is 6.22. The van der Waals surface area contributed by atoms with Crippen molar-refractivity contribution in [3.05, 3.63) is 95.1 Å². The van der Waals surface area contributed by atoms with Gasteiger partial charge < -0.3 is 4.90 Å². The molecule has 0 unspecified atom stereocenters. The van der Waals surface area contributed by atoms with Crippen LogP contribution in [-0.4, -0.2) is 30.2 Å². The molecule has 0 radical (unpaired) electrons. The van der Waals surface area contributed by atoms with Crippen molar-refractivity contribution < 1.29 is 9.59 Å². The molecule has 0 N–H and O–H groups in total. The maximum Gasteiger partial charge on any atom is 0.253 e. The van der Waals surface area contributed by atoms with Gasteiger partial charge in [-0.1, -0.05) is 60.7 Å². The van der Waals surface area contributed by atoms with Crippen molar-refractivity contribution in [2.45, 2.75) is 12.8 Å². The Kier molecular flexibility index (Phi) is 4.59. The molecule has 0 bridgehead atoms. The topological polar surface area (TPSA) is 37.4 Å². The zero-order valence-corrected chi connectivity index (χ0v) is 15.3. The normalized spacial score (nSPS) is 11.8. The molecule has 27 heavy (non-hydrogen) atoms. The van der Waals surface area contributed by atoms with E-state index in [1.807, 2.05) is 61.6 Å². The van der Waals surface area contributed by atoms with Crippen LogP contribution in [0.2, 0.25) is 0 Å². The lowest BCUT2D eigenvalue weighted by molar-refractivity contribution is 0.0793. The van der Waals surface area contributed by atoms with Gasteiger partial charge in [-0.05, 0) is 41.7 Å². The Morgan fingerprint density at radius 1 is 0.815 bits per heavy atom. The summed E-state index contributed by atoms with van der Waals surface area (Å²) in [5.74, 6) is -0.0448. The minimum atomic E-state index is -0.0467. The molecule has 0 aromatic heterocycles. The largest absolute Gasteiger partial charge is 0.342 e. The first kappa shape index (κ1) is 17.2. The average molecular weight is 355 g/mol. The molecular formula is C24H21NO2. The molecule has 0 atom stereocenters. The standard InChI is InChI=1S/C24H21NO2/c1-25(15-7-10-17-8-3-2-4-9-17)24(27)18-13-14-20-19-11-5-6-12-21(19)23(26)22(20)16-18/h2-6,8-9,11-14,16H,7,10,15H2,1H3. The molecule has 0 heterocycles. The van der Waals surface area contributed by atoms with Crippen molar-refractivity contribution in [1.29, 1.82) is 0 Å². The van der Waals surface area contributed by atoms with Crippen LogP contribution in [0.5, 0.6) is 0 Å². The number of hydrogen-bond donors (Lipinski definition) is 0. The van der Waals surface area contributed by atoms with Gasteiger partial charge in [-0.15, -0.1) is 0 Å². The number of hydrogen-bond acceptors (Lipinski definition) is 2. The van der Waals surface area contributed by atoms with Crippen molar-refractivity contribution in [2.75, 3.05) is 13.6 Å². The van der Waals surface area contributed by atoms with Crippen LogP contribution in [0.15, 0.2) is 72.8 Å². The van der Waals surface area contributed by atoms with Gasteiger partial charge in [0.1, 0.15) is 0 Å². The Bertz CT molecular complexity index is 1010. The fourth-order valence-corrected chi connectivity index (χ4v) is 3.65. The molecule has 0 saturated carbocycles. The lowest BCUT2D eigenvalue weighted by Crippen LogP contribution is -2.28. The van der Waals surface area contributed by atoms with E-state index in [4.69, 9.17) is 0 Å². The zero-order chi connectivity index (χ0) is 18.8. The summed E-state index contributed by atoms with van der Waals surface area (Å²) in [6.07, 6.45) is 1.85. The molecule has 1 aliphatic carbocycles. The molecule has 4 rings (SSSR count). The lowest BCUT2D eigenvalue weighted by Gasteiger charge is -2.17. The van der Waals surface area contributed by atoms with E-state index in [0.29, 0.717) is 23.2 Å². The molecule has 3 aromatic carbocycles. The number of carbonyl (C=O) groups excluding carboxylic acids is 2. The number of carbonyl (C=O) groups is 2. The highest BCUT2D eigenvalue weighted by Gasteiger charge is 2.27. The minimum absolute atomic E-state index is 0.00183. The Morgan fingerprint density at radius 3 is 2.26 bits per heavy atom. The fraction of sp³-hybridized carbons (Fsp3) is 0.167. The molecule has 3 heteroatoms. The van der Waals surface area contributed by atoms with Crippen molar-refractivity contribution >= 4 is 11.7 Å². The second-order valence-corrected chi connectivity index (χ2v) is 6.95. The highest BCUT2D eigenvalue weighted by Crippen LogP contribution is 2.36. The Balaban J connectivity index is 1.46. The van der Waals surface area contributed by atoms with E-state index in [1.165, 1.54) is 5.56 Å². The number of nitrogens with zero attached hydrogens (tertiary/aromatic N) is 1. The Hall–Kier alpha value is -3.20. The number of rotatable bonds is 5. The van der Waals surface area contributed by atoms with Crippen LogP contribution in [0.25, 0.3) is 11.1 Å². The number of amides is 1. The van der Waals surface area contributed by atoms with E-state index in [-0.39, 0.29) is 11.7 Å². The molecule has 0 fully saturated rings. The van der Waals surface area contributed by atoms with Gasteiger partial charge >= 0.3 is 0 Å². The summed E-state index contributed by atoms with van der Waals surface area (Å²) < 4.78 is 0. The quantitative estimate of drug-likeness (QED) is 0.524. The summed E-state index contributed by atoms with van der Waals surface area (Å²) in [6, 6.07) is 23.3. The van der Waals surface area contributed by atoms with Crippen molar-refractivity contribution in [3.63, 3.8) is 0 Å². The Labute approximate surface area is 159 Å². The third-order valence-corrected chi connectivity index (χ3v) is 5.12. The summed E-state index contributed by atoms with van der Waals surface area (Å²) in [5, 5.41) is 0. The highest BCUT2D eigenvalue weighted by atomic mass is 16.2. The monoisotopic (exact) mass is 355 g/mol. The van der Waals surface area contributed by atoms with Gasteiger partial charge in [0.2, 0.25) is 0 Å². The van der Waals surface area contributed by atoms with Gasteiger partial charge in [-0.25, -0.2) is 0 Å². The number of aryl methyl sites for hydroxylation is 1. The predicted octanol–water partition coefficient (Wildman–Crippen LogP) is 4.60. The fourth-order valence-electron chi connectivity index (χ4n) is 3.65. The van der Waals surface area contributed by atoms with Gasteiger partial charge in [0.05, 0.1) is 0 Å². The van der Waals surface area contributed by atoms with Crippen molar-refractivity contribution in [3.8, 4) is 11.1 Å². The second kappa shape index (κ2) is 7.20. The van der Waals surface area contributed by atoms with Crippen LogP contribution in [0.3, 0.4) is 0 Å².